The molecule has 0 saturated carbocycles. The fraction of sp³-hybridized carbons (Fsp3) is 0.188. The quantitative estimate of drug-likeness (QED) is 0.876. The largest absolute Gasteiger partial charge is 0.478 e. The third kappa shape index (κ3) is 3.57. The molecule has 2 rings (SSSR count). The average molecular weight is 273 g/mol. The molecule has 104 valence electrons. The van der Waals surface area contributed by atoms with Gasteiger partial charge in [0.15, 0.2) is 0 Å². The van der Waals surface area contributed by atoms with E-state index in [1.54, 1.807) is 30.3 Å². The highest BCUT2D eigenvalue weighted by atomic mass is 19.1. The van der Waals surface area contributed by atoms with E-state index in [9.17, 15) is 9.18 Å². The van der Waals surface area contributed by atoms with Gasteiger partial charge in [0.05, 0.1) is 5.56 Å². The number of aryl methyl sites for hydroxylation is 1. The summed E-state index contributed by atoms with van der Waals surface area (Å²) in [7, 11) is 0. The highest BCUT2D eigenvalue weighted by Crippen LogP contribution is 2.13. The summed E-state index contributed by atoms with van der Waals surface area (Å²) in [6.07, 6.45) is 0.785. The van der Waals surface area contributed by atoms with Gasteiger partial charge in [-0.15, -0.1) is 0 Å². The summed E-state index contributed by atoms with van der Waals surface area (Å²) in [6, 6.07) is 11.4. The summed E-state index contributed by atoms with van der Waals surface area (Å²) in [5, 5.41) is 12.0. The monoisotopic (exact) mass is 273 g/mol. The molecule has 0 amide bonds. The Morgan fingerprint density at radius 3 is 2.50 bits per heavy atom. The Morgan fingerprint density at radius 2 is 1.90 bits per heavy atom. The lowest BCUT2D eigenvalue weighted by molar-refractivity contribution is 0.0697. The normalized spacial score (nSPS) is 10.3. The van der Waals surface area contributed by atoms with Crippen LogP contribution in [0.5, 0.6) is 0 Å². The maximum Gasteiger partial charge on any atom is 0.335 e. The molecular weight excluding hydrogens is 257 g/mol. The molecule has 0 aliphatic carbocycles. The van der Waals surface area contributed by atoms with Gasteiger partial charge in [0, 0.05) is 12.2 Å². The summed E-state index contributed by atoms with van der Waals surface area (Å²) in [5.74, 6) is -1.15. The molecule has 0 heterocycles. The fourth-order valence-corrected chi connectivity index (χ4v) is 2.01. The number of halogens is 1. The third-order valence-corrected chi connectivity index (χ3v) is 3.16. The van der Waals surface area contributed by atoms with Crippen LogP contribution in [-0.2, 0) is 6.42 Å². The number of carbonyl (C=O) groups is 1. The van der Waals surface area contributed by atoms with Crippen molar-refractivity contribution in [2.75, 3.05) is 11.9 Å². The maximum atomic E-state index is 13.0. The van der Waals surface area contributed by atoms with Gasteiger partial charge in [-0.1, -0.05) is 6.07 Å². The van der Waals surface area contributed by atoms with Crippen molar-refractivity contribution >= 4 is 11.7 Å². The Hall–Kier alpha value is -2.36. The first-order valence-electron chi connectivity index (χ1n) is 6.38. The Labute approximate surface area is 117 Å². The second-order valence-corrected chi connectivity index (χ2v) is 4.63. The lowest BCUT2D eigenvalue weighted by Gasteiger charge is -2.09. The predicted molar refractivity (Wildman–Crippen MR) is 76.7 cm³/mol. The minimum Gasteiger partial charge on any atom is -0.478 e. The highest BCUT2D eigenvalue weighted by molar-refractivity contribution is 5.87. The molecule has 0 atom stereocenters. The van der Waals surface area contributed by atoms with Gasteiger partial charge < -0.3 is 10.4 Å². The highest BCUT2D eigenvalue weighted by Gasteiger charge is 2.02. The first-order valence-corrected chi connectivity index (χ1v) is 6.38. The minimum atomic E-state index is -0.932. The number of nitrogens with one attached hydrogen (secondary N) is 1. The average Bonchev–Trinajstić information content (AvgIpc) is 2.42. The van der Waals surface area contributed by atoms with Crippen LogP contribution in [0.3, 0.4) is 0 Å². The second kappa shape index (κ2) is 6.19. The van der Waals surface area contributed by atoms with Gasteiger partial charge in [0.25, 0.3) is 0 Å². The number of rotatable bonds is 5. The molecule has 0 aliphatic heterocycles. The molecule has 0 unspecified atom stereocenters. The van der Waals surface area contributed by atoms with E-state index in [1.165, 1.54) is 12.1 Å². The van der Waals surface area contributed by atoms with Crippen LogP contribution >= 0.6 is 0 Å². The molecule has 0 radical (unpaired) electrons. The van der Waals surface area contributed by atoms with Crippen LogP contribution < -0.4 is 5.32 Å². The summed E-state index contributed by atoms with van der Waals surface area (Å²) in [5.41, 5.74) is 3.17. The molecule has 0 saturated heterocycles. The van der Waals surface area contributed by atoms with Crippen LogP contribution in [0.25, 0.3) is 0 Å². The minimum absolute atomic E-state index is 0.219. The number of benzene rings is 2. The van der Waals surface area contributed by atoms with Gasteiger partial charge in [0.1, 0.15) is 5.82 Å². The molecule has 0 aliphatic rings. The zero-order chi connectivity index (χ0) is 14.5. The van der Waals surface area contributed by atoms with Crippen LogP contribution in [0.1, 0.15) is 21.5 Å². The molecule has 2 N–H and O–H groups in total. The zero-order valence-corrected chi connectivity index (χ0v) is 11.2. The van der Waals surface area contributed by atoms with E-state index < -0.39 is 5.97 Å². The van der Waals surface area contributed by atoms with E-state index in [0.29, 0.717) is 6.54 Å². The van der Waals surface area contributed by atoms with Crippen LogP contribution in [0.15, 0.2) is 42.5 Å². The lowest BCUT2D eigenvalue weighted by Crippen LogP contribution is -2.06. The van der Waals surface area contributed by atoms with Gasteiger partial charge in [-0.3, -0.25) is 0 Å². The molecular formula is C16H16FNO2. The van der Waals surface area contributed by atoms with Gasteiger partial charge >= 0.3 is 5.97 Å². The Morgan fingerprint density at radius 1 is 1.20 bits per heavy atom. The van der Waals surface area contributed by atoms with Crippen molar-refractivity contribution in [1.82, 2.24) is 0 Å². The first kappa shape index (κ1) is 14.1. The molecule has 0 spiro atoms. The van der Waals surface area contributed by atoms with Crippen molar-refractivity contribution in [2.45, 2.75) is 13.3 Å². The van der Waals surface area contributed by atoms with E-state index in [-0.39, 0.29) is 11.4 Å². The van der Waals surface area contributed by atoms with Crippen molar-refractivity contribution < 1.29 is 14.3 Å². The first-order chi connectivity index (χ1) is 9.56. The number of hydrogen-bond donors (Lipinski definition) is 2. The topological polar surface area (TPSA) is 49.3 Å². The Bertz CT molecular complexity index is 608. The molecule has 20 heavy (non-hydrogen) atoms. The van der Waals surface area contributed by atoms with Gasteiger partial charge in [0.2, 0.25) is 0 Å². The van der Waals surface area contributed by atoms with Gasteiger partial charge in [-0.2, -0.15) is 0 Å². The number of aromatic carboxylic acids is 1. The molecule has 3 nitrogen and oxygen atoms in total. The maximum absolute atomic E-state index is 13.0. The van der Waals surface area contributed by atoms with Gasteiger partial charge in [-0.25, -0.2) is 9.18 Å². The number of carboxylic acids is 1. The van der Waals surface area contributed by atoms with Crippen LogP contribution in [0.4, 0.5) is 10.1 Å². The fourth-order valence-electron chi connectivity index (χ4n) is 2.01. The van der Waals surface area contributed by atoms with E-state index in [4.69, 9.17) is 5.11 Å². The number of hydrogen-bond acceptors (Lipinski definition) is 2. The lowest BCUT2D eigenvalue weighted by atomic mass is 10.1. The molecule has 0 fully saturated rings. The van der Waals surface area contributed by atoms with E-state index in [1.807, 2.05) is 6.92 Å². The summed E-state index contributed by atoms with van der Waals surface area (Å²) in [6.45, 7) is 2.60. The number of carboxylic acid groups (broad SMARTS) is 1. The third-order valence-electron chi connectivity index (χ3n) is 3.16. The van der Waals surface area contributed by atoms with Crippen LogP contribution in [0.2, 0.25) is 0 Å². The molecule has 0 bridgehead atoms. The zero-order valence-electron chi connectivity index (χ0n) is 11.2. The Balaban J connectivity index is 1.91. The van der Waals surface area contributed by atoms with E-state index in [2.05, 4.69) is 5.32 Å². The SMILES string of the molecule is Cc1cc(F)ccc1CCNc1ccc(C(=O)O)cc1. The van der Waals surface area contributed by atoms with Crippen LogP contribution in [-0.4, -0.2) is 17.6 Å². The van der Waals surface area contributed by atoms with Crippen molar-refractivity contribution in [3.05, 3.63) is 65.0 Å². The molecule has 4 heteroatoms. The van der Waals surface area contributed by atoms with Crippen molar-refractivity contribution in [3.63, 3.8) is 0 Å². The van der Waals surface area contributed by atoms with Crippen LogP contribution in [0, 0.1) is 12.7 Å². The standard InChI is InChI=1S/C16H16FNO2/c1-11-10-14(17)5-2-12(11)8-9-18-15-6-3-13(4-7-15)16(19)20/h2-7,10,18H,8-9H2,1H3,(H,19,20). The molecule has 0 aromatic heterocycles. The smallest absolute Gasteiger partial charge is 0.335 e. The van der Waals surface area contributed by atoms with E-state index in [0.717, 1.165) is 23.2 Å². The number of anilines is 1. The summed E-state index contributed by atoms with van der Waals surface area (Å²) < 4.78 is 13.0. The van der Waals surface area contributed by atoms with Crippen molar-refractivity contribution in [3.8, 4) is 0 Å². The summed E-state index contributed by atoms with van der Waals surface area (Å²) >= 11 is 0. The van der Waals surface area contributed by atoms with E-state index >= 15 is 0 Å². The Kier molecular flexibility index (Phi) is 4.35. The van der Waals surface area contributed by atoms with Crippen molar-refractivity contribution in [2.24, 2.45) is 0 Å². The predicted octanol–water partition coefficient (Wildman–Crippen LogP) is 3.49. The molecule has 2 aromatic carbocycles. The van der Waals surface area contributed by atoms with Crippen molar-refractivity contribution in [1.29, 1.82) is 0 Å². The summed E-state index contributed by atoms with van der Waals surface area (Å²) in [4.78, 5) is 10.7. The van der Waals surface area contributed by atoms with Gasteiger partial charge in [-0.05, 0) is 60.9 Å². The molecule has 2 aromatic rings. The second-order valence-electron chi connectivity index (χ2n) is 4.63.